The third-order valence-corrected chi connectivity index (χ3v) is 14.6. The summed E-state index contributed by atoms with van der Waals surface area (Å²) >= 11 is 0. The summed E-state index contributed by atoms with van der Waals surface area (Å²) in [7, 11) is 0. The van der Waals surface area contributed by atoms with Crippen LogP contribution in [-0.4, -0.2) is 0 Å². The van der Waals surface area contributed by atoms with Crippen LogP contribution in [0.2, 0.25) is 0 Å². The fourth-order valence-corrected chi connectivity index (χ4v) is 10.5. The van der Waals surface area contributed by atoms with Crippen LogP contribution in [0.3, 0.4) is 0 Å². The number of anilines is 6. The van der Waals surface area contributed by atoms with Gasteiger partial charge in [-0.1, -0.05) is 191 Å². The minimum absolute atomic E-state index is 0.0178. The van der Waals surface area contributed by atoms with Crippen molar-refractivity contribution in [2.75, 3.05) is 9.80 Å². The molecule has 0 saturated carbocycles. The summed E-state index contributed by atoms with van der Waals surface area (Å²) in [5, 5.41) is 12.9. The molecule has 0 N–H and O–H groups in total. The number of hydrogen-bond donors (Lipinski definition) is 0. The Kier molecular flexibility index (Phi) is 10.9. The summed E-state index contributed by atoms with van der Waals surface area (Å²) in [5.41, 5.74) is 12.5. The Morgan fingerprint density at radius 1 is 0.364 bits per heavy atom. The average Bonchev–Trinajstić information content (AvgIpc) is 3.33. The highest BCUT2D eigenvalue weighted by atomic mass is 15.2. The number of benzene rings is 10. The maximum absolute atomic E-state index is 2.58. The Morgan fingerprint density at radius 2 is 0.727 bits per heavy atom. The molecule has 0 heterocycles. The van der Waals surface area contributed by atoms with Crippen LogP contribution in [0.15, 0.2) is 170 Å². The van der Waals surface area contributed by atoms with Crippen molar-refractivity contribution in [1.29, 1.82) is 0 Å². The summed E-state index contributed by atoms with van der Waals surface area (Å²) in [6.07, 6.45) is 2.08. The molecule has 10 rings (SSSR count). The minimum Gasteiger partial charge on any atom is -0.309 e. The van der Waals surface area contributed by atoms with E-state index in [0.717, 1.165) is 12.8 Å². The van der Waals surface area contributed by atoms with Gasteiger partial charge in [0.25, 0.3) is 0 Å². The second-order valence-electron chi connectivity index (χ2n) is 20.9. The number of nitrogens with zero attached hydrogens (tertiary/aromatic N) is 2. The van der Waals surface area contributed by atoms with E-state index in [1.54, 1.807) is 0 Å². The van der Waals surface area contributed by atoms with E-state index in [-0.39, 0.29) is 10.8 Å². The first kappa shape index (κ1) is 43.3. The fourth-order valence-electron chi connectivity index (χ4n) is 10.5. The van der Waals surface area contributed by atoms with Crippen LogP contribution in [0, 0.1) is 0 Å². The maximum Gasteiger partial charge on any atom is 0.0543 e. The van der Waals surface area contributed by atoms with Gasteiger partial charge in [-0.2, -0.15) is 0 Å². The molecule has 10 aromatic carbocycles. The summed E-state index contributed by atoms with van der Waals surface area (Å²) in [6, 6.07) is 64.8. The lowest BCUT2D eigenvalue weighted by Crippen LogP contribution is -2.16. The van der Waals surface area contributed by atoms with Gasteiger partial charge >= 0.3 is 0 Å². The Bertz CT molecular complexity index is 3170. The predicted octanol–water partition coefficient (Wildman–Crippen LogP) is 19.5. The van der Waals surface area contributed by atoms with Gasteiger partial charge in [0, 0.05) is 32.9 Å². The summed E-state index contributed by atoms with van der Waals surface area (Å²) in [4.78, 5) is 5.15. The SMILES string of the molecule is CCC(C)c1cc(N(c2cccc(C(C)(C)C)c2)c2cccc3ccccc23)c2ccc3c(C(C)CC)cc(N(c4cccc(C(C)(C)C)c4)c4cccc5ccccc45)c4ccc1c2c34. The Labute approximate surface area is 392 Å². The zero-order valence-electron chi connectivity index (χ0n) is 40.6. The molecule has 66 heavy (non-hydrogen) atoms. The van der Waals surface area contributed by atoms with Crippen LogP contribution in [0.5, 0.6) is 0 Å². The van der Waals surface area contributed by atoms with E-state index in [1.165, 1.54) is 110 Å². The Morgan fingerprint density at radius 3 is 1.12 bits per heavy atom. The smallest absolute Gasteiger partial charge is 0.0543 e. The Hall–Kier alpha value is -6.64. The molecule has 0 aliphatic rings. The molecule has 0 saturated heterocycles. The van der Waals surface area contributed by atoms with E-state index < -0.39 is 0 Å². The molecule has 2 heteroatoms. The van der Waals surface area contributed by atoms with Crippen molar-refractivity contribution >= 4 is 88.0 Å². The molecule has 0 amide bonds. The van der Waals surface area contributed by atoms with Crippen molar-refractivity contribution in [3.05, 3.63) is 192 Å². The lowest BCUT2D eigenvalue weighted by atomic mass is 9.82. The third kappa shape index (κ3) is 7.36. The van der Waals surface area contributed by atoms with Gasteiger partial charge in [0.05, 0.1) is 22.7 Å². The van der Waals surface area contributed by atoms with Crippen LogP contribution in [0.25, 0.3) is 53.9 Å². The Balaban J connectivity index is 1.37. The zero-order valence-corrected chi connectivity index (χ0v) is 40.6. The largest absolute Gasteiger partial charge is 0.309 e. The van der Waals surface area contributed by atoms with Crippen LogP contribution < -0.4 is 9.80 Å². The first-order valence-corrected chi connectivity index (χ1v) is 24.3. The summed E-state index contributed by atoms with van der Waals surface area (Å²) in [5.74, 6) is 0.675. The van der Waals surface area contributed by atoms with E-state index >= 15 is 0 Å². The van der Waals surface area contributed by atoms with Crippen LogP contribution in [0.1, 0.15) is 116 Å². The predicted molar refractivity (Wildman–Crippen MR) is 289 cm³/mol. The number of fused-ring (bicyclic) bond motifs is 2. The van der Waals surface area contributed by atoms with Gasteiger partial charge in [0.2, 0.25) is 0 Å². The van der Waals surface area contributed by atoms with E-state index in [2.05, 4.69) is 249 Å². The fraction of sp³-hybridized carbons (Fsp3) is 0.250. The maximum atomic E-state index is 2.58. The van der Waals surface area contributed by atoms with Gasteiger partial charge in [0.15, 0.2) is 0 Å². The zero-order chi connectivity index (χ0) is 46.1. The second-order valence-corrected chi connectivity index (χ2v) is 20.9. The standard InChI is InChI=1S/C64H64N2/c1-11-41(3)55-39-59(65(47-27-19-25-45(37-47)63(5,6)7)57-31-17-23-43-21-13-15-29-49(43)57)53-36-34-52-56(42(4)12-2)40-60(54-35-33-51(55)61(53)62(52)54)66(48-28-20-26-46(38-48)64(8,9)10)58-32-18-24-44-22-14-16-30-50(44)58/h13-42H,11-12H2,1-10H3. The van der Waals surface area contributed by atoms with Crippen LogP contribution in [0.4, 0.5) is 34.1 Å². The van der Waals surface area contributed by atoms with E-state index in [1.807, 2.05) is 0 Å². The van der Waals surface area contributed by atoms with E-state index in [9.17, 15) is 0 Å². The first-order chi connectivity index (χ1) is 31.8. The van der Waals surface area contributed by atoms with Crippen molar-refractivity contribution in [3.8, 4) is 0 Å². The highest BCUT2D eigenvalue weighted by Crippen LogP contribution is 2.53. The van der Waals surface area contributed by atoms with Crippen molar-refractivity contribution < 1.29 is 0 Å². The van der Waals surface area contributed by atoms with Gasteiger partial charge < -0.3 is 9.80 Å². The monoisotopic (exact) mass is 861 g/mol. The molecule has 2 atom stereocenters. The topological polar surface area (TPSA) is 6.48 Å². The molecule has 0 aliphatic heterocycles. The highest BCUT2D eigenvalue weighted by molar-refractivity contribution is 6.30. The molecular weight excluding hydrogens is 797 g/mol. The summed E-state index contributed by atoms with van der Waals surface area (Å²) < 4.78 is 0. The van der Waals surface area contributed by atoms with Gasteiger partial charge in [-0.05, 0) is 139 Å². The first-order valence-electron chi connectivity index (χ1n) is 24.3. The minimum atomic E-state index is -0.0178. The molecule has 2 nitrogen and oxygen atoms in total. The average molecular weight is 861 g/mol. The second kappa shape index (κ2) is 16.7. The van der Waals surface area contributed by atoms with Crippen molar-refractivity contribution in [3.63, 3.8) is 0 Å². The lowest BCUT2D eigenvalue weighted by molar-refractivity contribution is 0.590. The molecule has 330 valence electrons. The number of rotatable bonds is 10. The molecule has 0 bridgehead atoms. The highest BCUT2D eigenvalue weighted by Gasteiger charge is 2.28. The van der Waals surface area contributed by atoms with E-state index in [4.69, 9.17) is 0 Å². The van der Waals surface area contributed by atoms with Crippen molar-refractivity contribution in [1.82, 2.24) is 0 Å². The normalized spacial score (nSPS) is 13.3. The molecule has 2 unspecified atom stereocenters. The number of hydrogen-bond acceptors (Lipinski definition) is 2. The van der Waals surface area contributed by atoms with Gasteiger partial charge in [-0.3, -0.25) is 0 Å². The molecule has 0 aliphatic carbocycles. The molecule has 10 aromatic rings. The van der Waals surface area contributed by atoms with Gasteiger partial charge in [-0.15, -0.1) is 0 Å². The molecule has 0 fully saturated rings. The lowest BCUT2D eigenvalue weighted by Gasteiger charge is -2.33. The molecule has 0 spiro atoms. The quantitative estimate of drug-likeness (QED) is 0.126. The van der Waals surface area contributed by atoms with Crippen LogP contribution in [-0.2, 0) is 10.8 Å². The van der Waals surface area contributed by atoms with Crippen molar-refractivity contribution in [2.45, 2.75) is 105 Å². The van der Waals surface area contributed by atoms with E-state index in [0.29, 0.717) is 11.8 Å². The van der Waals surface area contributed by atoms with Gasteiger partial charge in [0.1, 0.15) is 0 Å². The molecular formula is C64H64N2. The van der Waals surface area contributed by atoms with Gasteiger partial charge in [-0.25, -0.2) is 0 Å². The molecule has 0 radical (unpaired) electrons. The third-order valence-electron chi connectivity index (χ3n) is 14.6. The summed E-state index contributed by atoms with van der Waals surface area (Å²) in [6.45, 7) is 23.4. The molecule has 0 aromatic heterocycles. The van der Waals surface area contributed by atoms with Crippen LogP contribution >= 0.6 is 0 Å². The van der Waals surface area contributed by atoms with Crippen molar-refractivity contribution in [2.24, 2.45) is 0 Å².